The summed E-state index contributed by atoms with van der Waals surface area (Å²) in [6.45, 7) is 4.53. The summed E-state index contributed by atoms with van der Waals surface area (Å²) in [5.74, 6) is 0.164. The van der Waals surface area contributed by atoms with Crippen molar-refractivity contribution in [1.29, 1.82) is 0 Å². The Balaban J connectivity index is 3.61. The molecule has 0 aliphatic heterocycles. The van der Waals surface area contributed by atoms with Gasteiger partial charge in [0.2, 0.25) is 0 Å². The quantitative estimate of drug-likeness (QED) is 0.160. The topological polar surface area (TPSA) is 26.3 Å². The first kappa shape index (κ1) is 25.5. The van der Waals surface area contributed by atoms with Crippen molar-refractivity contribution in [2.24, 2.45) is 5.92 Å². The molecule has 0 aromatic rings. The predicted molar refractivity (Wildman–Crippen MR) is 115 cm³/mol. The standard InChI is InChI=1S/C24H48O2/c1-4-6-8-10-12-13-14-16-18-20-22-23(24(25)26-3)21-19-17-15-11-9-7-5-2/h23H,4-22H2,1-3H3. The summed E-state index contributed by atoms with van der Waals surface area (Å²) >= 11 is 0. The Morgan fingerprint density at radius 1 is 0.577 bits per heavy atom. The molecule has 0 radical (unpaired) electrons. The van der Waals surface area contributed by atoms with Crippen LogP contribution in [0.1, 0.15) is 136 Å². The Labute approximate surface area is 164 Å². The summed E-state index contributed by atoms with van der Waals surface area (Å²) in [6.07, 6.45) is 24.8. The highest BCUT2D eigenvalue weighted by molar-refractivity contribution is 5.72. The highest BCUT2D eigenvalue weighted by atomic mass is 16.5. The van der Waals surface area contributed by atoms with Gasteiger partial charge >= 0.3 is 5.97 Å². The van der Waals surface area contributed by atoms with Crippen LogP contribution < -0.4 is 0 Å². The third-order valence-electron chi connectivity index (χ3n) is 5.60. The van der Waals surface area contributed by atoms with Crippen LogP contribution in [0, 0.1) is 5.92 Å². The van der Waals surface area contributed by atoms with Gasteiger partial charge < -0.3 is 4.74 Å². The predicted octanol–water partition coefficient (Wildman–Crippen LogP) is 8.23. The van der Waals surface area contributed by atoms with Gasteiger partial charge in [-0.2, -0.15) is 0 Å². The summed E-state index contributed by atoms with van der Waals surface area (Å²) in [7, 11) is 1.54. The molecular formula is C24H48O2. The average molecular weight is 369 g/mol. The molecule has 0 aromatic carbocycles. The highest BCUT2D eigenvalue weighted by Crippen LogP contribution is 2.20. The second-order valence-electron chi connectivity index (χ2n) is 8.10. The fourth-order valence-electron chi connectivity index (χ4n) is 3.77. The molecule has 0 bridgehead atoms. The van der Waals surface area contributed by atoms with Crippen molar-refractivity contribution in [2.75, 3.05) is 7.11 Å². The van der Waals surface area contributed by atoms with E-state index in [0.717, 1.165) is 12.8 Å². The molecule has 0 spiro atoms. The van der Waals surface area contributed by atoms with Crippen LogP contribution in [0.4, 0.5) is 0 Å². The van der Waals surface area contributed by atoms with Crippen molar-refractivity contribution in [1.82, 2.24) is 0 Å². The molecule has 0 saturated carbocycles. The summed E-state index contributed by atoms with van der Waals surface area (Å²) < 4.78 is 5.03. The minimum atomic E-state index is 0.0203. The van der Waals surface area contributed by atoms with Gasteiger partial charge in [0.15, 0.2) is 0 Å². The second-order valence-corrected chi connectivity index (χ2v) is 8.10. The number of carbonyl (C=O) groups excluding carboxylic acids is 1. The van der Waals surface area contributed by atoms with E-state index in [9.17, 15) is 4.79 Å². The normalized spacial score (nSPS) is 12.3. The Morgan fingerprint density at radius 2 is 0.885 bits per heavy atom. The lowest BCUT2D eigenvalue weighted by Crippen LogP contribution is -2.16. The smallest absolute Gasteiger partial charge is 0.308 e. The zero-order valence-corrected chi connectivity index (χ0v) is 18.3. The number of hydrogen-bond donors (Lipinski definition) is 0. The molecular weight excluding hydrogens is 320 g/mol. The van der Waals surface area contributed by atoms with Gasteiger partial charge in [-0.15, -0.1) is 0 Å². The summed E-state index contributed by atoms with van der Waals surface area (Å²) in [4.78, 5) is 12.0. The van der Waals surface area contributed by atoms with E-state index in [1.165, 1.54) is 109 Å². The molecule has 2 nitrogen and oxygen atoms in total. The molecule has 0 aliphatic rings. The zero-order chi connectivity index (χ0) is 19.3. The zero-order valence-electron chi connectivity index (χ0n) is 18.3. The van der Waals surface area contributed by atoms with Gasteiger partial charge in [-0.25, -0.2) is 0 Å². The minimum absolute atomic E-state index is 0.0203. The monoisotopic (exact) mass is 368 g/mol. The van der Waals surface area contributed by atoms with Crippen molar-refractivity contribution in [3.8, 4) is 0 Å². The van der Waals surface area contributed by atoms with Crippen LogP contribution in [-0.2, 0) is 9.53 Å². The molecule has 0 rings (SSSR count). The first-order chi connectivity index (χ1) is 12.8. The Kier molecular flexibility index (Phi) is 20.4. The molecule has 0 N–H and O–H groups in total. The minimum Gasteiger partial charge on any atom is -0.469 e. The second kappa shape index (κ2) is 20.8. The number of hydrogen-bond acceptors (Lipinski definition) is 2. The van der Waals surface area contributed by atoms with E-state index in [-0.39, 0.29) is 11.9 Å². The molecule has 0 saturated heterocycles. The van der Waals surface area contributed by atoms with Crippen LogP contribution in [0.15, 0.2) is 0 Å². The van der Waals surface area contributed by atoms with Gasteiger partial charge in [-0.3, -0.25) is 4.79 Å². The van der Waals surface area contributed by atoms with E-state index in [0.29, 0.717) is 0 Å². The number of rotatable bonds is 20. The molecule has 26 heavy (non-hydrogen) atoms. The Morgan fingerprint density at radius 3 is 1.19 bits per heavy atom. The molecule has 1 atom stereocenters. The van der Waals surface area contributed by atoms with Crippen molar-refractivity contribution in [3.63, 3.8) is 0 Å². The van der Waals surface area contributed by atoms with Crippen LogP contribution in [0.2, 0.25) is 0 Å². The average Bonchev–Trinajstić information content (AvgIpc) is 2.66. The maximum Gasteiger partial charge on any atom is 0.308 e. The molecule has 156 valence electrons. The van der Waals surface area contributed by atoms with E-state index >= 15 is 0 Å². The van der Waals surface area contributed by atoms with E-state index < -0.39 is 0 Å². The number of methoxy groups -OCH3 is 1. The van der Waals surface area contributed by atoms with Gasteiger partial charge in [0, 0.05) is 0 Å². The number of ether oxygens (including phenoxy) is 1. The van der Waals surface area contributed by atoms with Gasteiger partial charge in [0.1, 0.15) is 0 Å². The van der Waals surface area contributed by atoms with Crippen molar-refractivity contribution in [3.05, 3.63) is 0 Å². The molecule has 2 heteroatoms. The van der Waals surface area contributed by atoms with E-state index in [2.05, 4.69) is 13.8 Å². The van der Waals surface area contributed by atoms with E-state index in [4.69, 9.17) is 4.74 Å². The first-order valence-electron chi connectivity index (χ1n) is 11.8. The molecule has 0 heterocycles. The van der Waals surface area contributed by atoms with Crippen LogP contribution in [0.3, 0.4) is 0 Å². The highest BCUT2D eigenvalue weighted by Gasteiger charge is 2.17. The Hall–Kier alpha value is -0.530. The lowest BCUT2D eigenvalue weighted by Gasteiger charge is -2.14. The summed E-state index contributed by atoms with van der Waals surface area (Å²) in [5, 5.41) is 0. The summed E-state index contributed by atoms with van der Waals surface area (Å²) in [5.41, 5.74) is 0. The molecule has 0 fully saturated rings. The molecule has 0 amide bonds. The fourth-order valence-corrected chi connectivity index (χ4v) is 3.77. The van der Waals surface area contributed by atoms with Crippen molar-refractivity contribution < 1.29 is 9.53 Å². The maximum absolute atomic E-state index is 12.0. The van der Waals surface area contributed by atoms with E-state index in [1.54, 1.807) is 7.11 Å². The van der Waals surface area contributed by atoms with Crippen LogP contribution >= 0.6 is 0 Å². The van der Waals surface area contributed by atoms with Gasteiger partial charge in [-0.1, -0.05) is 123 Å². The molecule has 1 unspecified atom stereocenters. The fraction of sp³-hybridized carbons (Fsp3) is 0.958. The maximum atomic E-state index is 12.0. The van der Waals surface area contributed by atoms with Crippen LogP contribution in [-0.4, -0.2) is 13.1 Å². The van der Waals surface area contributed by atoms with Crippen molar-refractivity contribution >= 4 is 5.97 Å². The van der Waals surface area contributed by atoms with Gasteiger partial charge in [0.05, 0.1) is 13.0 Å². The van der Waals surface area contributed by atoms with Crippen LogP contribution in [0.5, 0.6) is 0 Å². The van der Waals surface area contributed by atoms with Gasteiger partial charge in [-0.05, 0) is 12.8 Å². The third-order valence-corrected chi connectivity index (χ3v) is 5.60. The lowest BCUT2D eigenvalue weighted by molar-refractivity contribution is -0.146. The third kappa shape index (κ3) is 16.9. The number of carbonyl (C=O) groups is 1. The SMILES string of the molecule is CCCCCCCCCCCCC(CCCCCCCCC)C(=O)OC. The van der Waals surface area contributed by atoms with Crippen LogP contribution in [0.25, 0.3) is 0 Å². The Bertz CT molecular complexity index is 288. The van der Waals surface area contributed by atoms with E-state index in [1.807, 2.05) is 0 Å². The van der Waals surface area contributed by atoms with Gasteiger partial charge in [0.25, 0.3) is 0 Å². The largest absolute Gasteiger partial charge is 0.469 e. The lowest BCUT2D eigenvalue weighted by atomic mass is 9.94. The molecule has 0 aliphatic carbocycles. The molecule has 0 aromatic heterocycles. The first-order valence-corrected chi connectivity index (χ1v) is 11.8. The summed E-state index contributed by atoms with van der Waals surface area (Å²) in [6, 6.07) is 0. The number of unbranched alkanes of at least 4 members (excludes halogenated alkanes) is 15. The number of esters is 1. The van der Waals surface area contributed by atoms with Crippen molar-refractivity contribution in [2.45, 2.75) is 136 Å².